The zero-order valence-corrected chi connectivity index (χ0v) is 10.7. The van der Waals surface area contributed by atoms with E-state index in [0.29, 0.717) is 24.1 Å². The second kappa shape index (κ2) is 6.68. The van der Waals surface area contributed by atoms with Crippen molar-refractivity contribution < 1.29 is 4.79 Å². The monoisotopic (exact) mass is 243 g/mol. The van der Waals surface area contributed by atoms with E-state index in [0.717, 1.165) is 19.3 Å². The minimum atomic E-state index is -0.0263. The summed E-state index contributed by atoms with van der Waals surface area (Å²) in [7, 11) is 0. The fraction of sp³-hybridized carbons (Fsp3) is 0.818. The molecule has 1 aliphatic rings. The lowest BCUT2D eigenvalue weighted by molar-refractivity contribution is 0.201. The molecule has 0 aromatic carbocycles. The third kappa shape index (κ3) is 4.35. The Balaban J connectivity index is 2.42. The van der Waals surface area contributed by atoms with Crippen LogP contribution in [0.5, 0.6) is 0 Å². The fourth-order valence-electron chi connectivity index (χ4n) is 2.05. The third-order valence-corrected chi connectivity index (χ3v) is 2.94. The summed E-state index contributed by atoms with van der Waals surface area (Å²) < 4.78 is 0. The van der Waals surface area contributed by atoms with Crippen molar-refractivity contribution in [3.8, 4) is 0 Å². The molecule has 0 aliphatic heterocycles. The molecule has 0 heterocycles. The maximum absolute atomic E-state index is 11.9. The molecule has 92 valence electrons. The minimum Gasteiger partial charge on any atom is -0.392 e. The van der Waals surface area contributed by atoms with Crippen molar-refractivity contribution in [2.45, 2.75) is 45.1 Å². The lowest BCUT2D eigenvalue weighted by Gasteiger charge is -2.24. The van der Waals surface area contributed by atoms with Crippen molar-refractivity contribution in [3.05, 3.63) is 0 Å². The lowest BCUT2D eigenvalue weighted by Crippen LogP contribution is -2.47. The predicted molar refractivity (Wildman–Crippen MR) is 69.4 cm³/mol. The average Bonchev–Trinajstić information content (AvgIpc) is 2.69. The number of nitrogens with two attached hydrogens (primary N) is 1. The Kier molecular flexibility index (Phi) is 5.52. The second-order valence-corrected chi connectivity index (χ2v) is 4.84. The molecule has 4 nitrogen and oxygen atoms in total. The number of nitrogens with zero attached hydrogens (tertiary/aromatic N) is 1. The van der Waals surface area contributed by atoms with Crippen LogP contribution in [0.1, 0.15) is 39.0 Å². The van der Waals surface area contributed by atoms with E-state index in [4.69, 9.17) is 18.0 Å². The van der Waals surface area contributed by atoms with E-state index in [1.54, 1.807) is 4.90 Å². The highest BCUT2D eigenvalue weighted by Gasteiger charge is 2.20. The summed E-state index contributed by atoms with van der Waals surface area (Å²) in [4.78, 5) is 14.0. The molecule has 2 amide bonds. The normalized spacial score (nSPS) is 16.1. The highest BCUT2D eigenvalue weighted by molar-refractivity contribution is 7.80. The summed E-state index contributed by atoms with van der Waals surface area (Å²) in [6.45, 7) is 3.12. The zero-order chi connectivity index (χ0) is 12.0. The first-order chi connectivity index (χ1) is 7.63. The number of thiocarbonyl (C=S) groups is 1. The molecule has 0 atom stereocenters. The Bertz CT molecular complexity index is 252. The van der Waals surface area contributed by atoms with Gasteiger partial charge in [-0.2, -0.15) is 0 Å². The lowest BCUT2D eigenvalue weighted by atomic mass is 10.2. The van der Waals surface area contributed by atoms with E-state index in [-0.39, 0.29) is 6.03 Å². The number of hydrogen-bond donors (Lipinski definition) is 2. The van der Waals surface area contributed by atoms with Crippen molar-refractivity contribution in [1.82, 2.24) is 10.2 Å². The van der Waals surface area contributed by atoms with E-state index < -0.39 is 0 Å². The van der Waals surface area contributed by atoms with Crippen molar-refractivity contribution in [3.63, 3.8) is 0 Å². The van der Waals surface area contributed by atoms with Crippen LogP contribution < -0.4 is 11.1 Å². The molecule has 1 rings (SSSR count). The van der Waals surface area contributed by atoms with Gasteiger partial charge in [0.1, 0.15) is 0 Å². The van der Waals surface area contributed by atoms with Gasteiger partial charge in [0, 0.05) is 12.6 Å². The minimum absolute atomic E-state index is 0.0263. The van der Waals surface area contributed by atoms with Gasteiger partial charge in [0.25, 0.3) is 0 Å². The van der Waals surface area contributed by atoms with Gasteiger partial charge in [0.05, 0.1) is 11.5 Å². The second-order valence-electron chi connectivity index (χ2n) is 4.32. The molecule has 1 aliphatic carbocycles. The molecular weight excluding hydrogens is 222 g/mol. The van der Waals surface area contributed by atoms with Crippen LogP contribution in [-0.4, -0.2) is 35.1 Å². The number of urea groups is 1. The first kappa shape index (κ1) is 13.2. The van der Waals surface area contributed by atoms with Gasteiger partial charge in [0.15, 0.2) is 0 Å². The molecule has 0 radical (unpaired) electrons. The Morgan fingerprint density at radius 2 is 2.12 bits per heavy atom. The first-order valence-corrected chi connectivity index (χ1v) is 6.38. The van der Waals surface area contributed by atoms with Crippen LogP contribution in [0.15, 0.2) is 0 Å². The Morgan fingerprint density at radius 3 is 2.62 bits per heavy atom. The molecule has 0 aromatic rings. The summed E-state index contributed by atoms with van der Waals surface area (Å²) in [6.07, 6.45) is 5.54. The first-order valence-electron chi connectivity index (χ1n) is 5.97. The molecule has 3 N–H and O–H groups in total. The van der Waals surface area contributed by atoms with Crippen LogP contribution in [0.4, 0.5) is 4.79 Å². The summed E-state index contributed by atoms with van der Waals surface area (Å²) >= 11 is 4.84. The SMILES string of the molecule is CCCN(CC(N)=S)C(=O)NC1CCCC1. The maximum Gasteiger partial charge on any atom is 0.317 e. The molecule has 0 spiro atoms. The number of carbonyl (C=O) groups is 1. The van der Waals surface area contributed by atoms with Crippen molar-refractivity contribution in [2.75, 3.05) is 13.1 Å². The van der Waals surface area contributed by atoms with Crippen LogP contribution in [0, 0.1) is 0 Å². The van der Waals surface area contributed by atoms with E-state index in [2.05, 4.69) is 5.32 Å². The summed E-state index contributed by atoms with van der Waals surface area (Å²) in [5.74, 6) is 0. The summed E-state index contributed by atoms with van der Waals surface area (Å²) in [5.41, 5.74) is 5.48. The average molecular weight is 243 g/mol. The van der Waals surface area contributed by atoms with Gasteiger partial charge in [-0.3, -0.25) is 0 Å². The Hall–Kier alpha value is -0.840. The van der Waals surface area contributed by atoms with E-state index >= 15 is 0 Å². The molecule has 0 unspecified atom stereocenters. The van der Waals surface area contributed by atoms with E-state index in [9.17, 15) is 4.79 Å². The van der Waals surface area contributed by atoms with Gasteiger partial charge >= 0.3 is 6.03 Å². The van der Waals surface area contributed by atoms with Gasteiger partial charge < -0.3 is 16.0 Å². The van der Waals surface area contributed by atoms with Gasteiger partial charge in [-0.05, 0) is 19.3 Å². The number of amides is 2. The smallest absolute Gasteiger partial charge is 0.317 e. The molecule has 1 saturated carbocycles. The van der Waals surface area contributed by atoms with Crippen molar-refractivity contribution >= 4 is 23.2 Å². The summed E-state index contributed by atoms with van der Waals surface area (Å²) in [5, 5.41) is 3.04. The standard InChI is InChI=1S/C11H21N3OS/c1-2-7-14(8-10(12)16)11(15)13-9-5-3-4-6-9/h9H,2-8H2,1H3,(H2,12,16)(H,13,15). The maximum atomic E-state index is 11.9. The Labute approximate surface area is 103 Å². The van der Waals surface area contributed by atoms with E-state index in [1.807, 2.05) is 6.92 Å². The van der Waals surface area contributed by atoms with Crippen molar-refractivity contribution in [1.29, 1.82) is 0 Å². The van der Waals surface area contributed by atoms with Gasteiger partial charge in [0.2, 0.25) is 0 Å². The van der Waals surface area contributed by atoms with Crippen LogP contribution >= 0.6 is 12.2 Å². The molecule has 0 bridgehead atoms. The van der Waals surface area contributed by atoms with Crippen molar-refractivity contribution in [2.24, 2.45) is 5.73 Å². The quantitative estimate of drug-likeness (QED) is 0.722. The number of rotatable bonds is 5. The molecule has 0 aromatic heterocycles. The fourth-order valence-corrected chi connectivity index (χ4v) is 2.20. The van der Waals surface area contributed by atoms with Gasteiger partial charge in [-0.25, -0.2) is 4.79 Å². The topological polar surface area (TPSA) is 58.4 Å². The van der Waals surface area contributed by atoms with E-state index in [1.165, 1.54) is 12.8 Å². The molecule has 5 heteroatoms. The van der Waals surface area contributed by atoms with Gasteiger partial charge in [-0.1, -0.05) is 32.0 Å². The number of nitrogens with one attached hydrogen (secondary N) is 1. The molecule has 1 fully saturated rings. The van der Waals surface area contributed by atoms with Crippen LogP contribution in [-0.2, 0) is 0 Å². The highest BCUT2D eigenvalue weighted by Crippen LogP contribution is 2.17. The Morgan fingerprint density at radius 1 is 1.50 bits per heavy atom. The summed E-state index contributed by atoms with van der Waals surface area (Å²) in [6, 6.07) is 0.319. The predicted octanol–water partition coefficient (Wildman–Crippen LogP) is 1.64. The molecular formula is C11H21N3OS. The number of hydrogen-bond acceptors (Lipinski definition) is 2. The third-order valence-electron chi connectivity index (χ3n) is 2.81. The molecule has 0 saturated heterocycles. The largest absolute Gasteiger partial charge is 0.392 e. The van der Waals surface area contributed by atoms with Crippen LogP contribution in [0.3, 0.4) is 0 Å². The van der Waals surface area contributed by atoms with Crippen LogP contribution in [0.2, 0.25) is 0 Å². The highest BCUT2D eigenvalue weighted by atomic mass is 32.1. The number of carbonyl (C=O) groups excluding carboxylic acids is 1. The zero-order valence-electron chi connectivity index (χ0n) is 9.87. The van der Waals surface area contributed by atoms with Gasteiger partial charge in [-0.15, -0.1) is 0 Å². The molecule has 16 heavy (non-hydrogen) atoms. The van der Waals surface area contributed by atoms with Crippen LogP contribution in [0.25, 0.3) is 0 Å².